The number of carbonyl (C=O) groups excluding carboxylic acids is 1. The lowest BCUT2D eigenvalue weighted by molar-refractivity contribution is 0.0505. The molecule has 1 fully saturated rings. The highest BCUT2D eigenvalue weighted by atomic mass is 16.2. The highest BCUT2D eigenvalue weighted by Gasteiger charge is 2.32. The van der Waals surface area contributed by atoms with Crippen molar-refractivity contribution < 1.29 is 4.79 Å². The predicted octanol–water partition coefficient (Wildman–Crippen LogP) is 1.96. The van der Waals surface area contributed by atoms with Crippen LogP contribution in [0.25, 0.3) is 0 Å². The molecular weight excluding hydrogens is 228 g/mol. The van der Waals surface area contributed by atoms with Crippen LogP contribution in [-0.2, 0) is 6.42 Å². The minimum atomic E-state index is -0.0387. The summed E-state index contributed by atoms with van der Waals surface area (Å²) in [5.74, 6) is -0.0387. The summed E-state index contributed by atoms with van der Waals surface area (Å²) in [6.07, 6.45) is 4.06. The Labute approximate surface area is 108 Å². The first-order valence-corrected chi connectivity index (χ1v) is 6.71. The van der Waals surface area contributed by atoms with Crippen molar-refractivity contribution >= 4 is 11.6 Å². The summed E-state index contributed by atoms with van der Waals surface area (Å²) < 4.78 is 0. The Morgan fingerprint density at radius 1 is 1.44 bits per heavy atom. The molecule has 3 N–H and O–H groups in total. The minimum absolute atomic E-state index is 0.0387. The van der Waals surface area contributed by atoms with Crippen LogP contribution in [0.2, 0.25) is 0 Å². The fraction of sp³-hybridized carbons (Fsp3) is 0.692. The number of hydrogen-bond acceptors (Lipinski definition) is 3. The van der Waals surface area contributed by atoms with E-state index in [0.717, 1.165) is 25.0 Å². The average Bonchev–Trinajstić information content (AvgIpc) is 2.70. The first-order chi connectivity index (χ1) is 8.56. The number of anilines is 1. The number of H-pyrrole nitrogens is 1. The van der Waals surface area contributed by atoms with Crippen LogP contribution in [0, 0.1) is 0 Å². The third-order valence-corrected chi connectivity index (χ3v) is 3.87. The standard InChI is InChI=1S/C13H22N4O/c1-4-10-11(14)12(16-15-10)13(18)17-8(2)6-5-7-9(17)3/h8-9H,4-7,14H2,1-3H3,(H,15,16)/t8-,9+. The average molecular weight is 250 g/mol. The molecule has 100 valence electrons. The van der Waals surface area contributed by atoms with Crippen molar-refractivity contribution in [1.82, 2.24) is 15.1 Å². The van der Waals surface area contributed by atoms with Crippen LogP contribution < -0.4 is 5.73 Å². The van der Waals surface area contributed by atoms with Crippen LogP contribution in [-0.4, -0.2) is 33.1 Å². The van der Waals surface area contributed by atoms with Gasteiger partial charge in [0.15, 0.2) is 5.69 Å². The topological polar surface area (TPSA) is 75.0 Å². The molecule has 0 aliphatic carbocycles. The van der Waals surface area contributed by atoms with Gasteiger partial charge in [-0.15, -0.1) is 0 Å². The Morgan fingerprint density at radius 3 is 2.56 bits per heavy atom. The molecule has 1 saturated heterocycles. The number of nitrogens with one attached hydrogen (secondary N) is 1. The molecule has 18 heavy (non-hydrogen) atoms. The Bertz CT molecular complexity index is 430. The van der Waals surface area contributed by atoms with Crippen molar-refractivity contribution in [2.45, 2.75) is 58.5 Å². The summed E-state index contributed by atoms with van der Waals surface area (Å²) in [7, 11) is 0. The van der Waals surface area contributed by atoms with Crippen molar-refractivity contribution in [2.75, 3.05) is 5.73 Å². The van der Waals surface area contributed by atoms with E-state index in [2.05, 4.69) is 24.0 Å². The van der Waals surface area contributed by atoms with Crippen molar-refractivity contribution in [3.05, 3.63) is 11.4 Å². The molecular formula is C13H22N4O. The van der Waals surface area contributed by atoms with E-state index >= 15 is 0 Å². The Hall–Kier alpha value is -1.52. The van der Waals surface area contributed by atoms with Crippen molar-refractivity contribution in [1.29, 1.82) is 0 Å². The summed E-state index contributed by atoms with van der Waals surface area (Å²) in [6.45, 7) is 6.18. The van der Waals surface area contributed by atoms with Crippen molar-refractivity contribution in [2.24, 2.45) is 0 Å². The van der Waals surface area contributed by atoms with Gasteiger partial charge in [-0.05, 0) is 39.5 Å². The van der Waals surface area contributed by atoms with Gasteiger partial charge in [-0.2, -0.15) is 5.10 Å². The number of nitrogen functional groups attached to an aromatic ring is 1. The number of likely N-dealkylation sites (tertiary alicyclic amines) is 1. The molecule has 1 aromatic rings. The van der Waals surface area contributed by atoms with E-state index in [1.54, 1.807) is 0 Å². The van der Waals surface area contributed by atoms with Gasteiger partial charge in [0.2, 0.25) is 0 Å². The molecule has 5 nitrogen and oxygen atoms in total. The number of nitrogens with zero attached hydrogens (tertiary/aromatic N) is 2. The van der Waals surface area contributed by atoms with E-state index in [1.165, 1.54) is 6.42 Å². The number of amides is 1. The van der Waals surface area contributed by atoms with Crippen LogP contribution in [0.3, 0.4) is 0 Å². The monoisotopic (exact) mass is 250 g/mol. The second-order valence-corrected chi connectivity index (χ2v) is 5.16. The van der Waals surface area contributed by atoms with Crippen LogP contribution in [0.15, 0.2) is 0 Å². The molecule has 1 aliphatic heterocycles. The summed E-state index contributed by atoms with van der Waals surface area (Å²) in [6, 6.07) is 0.532. The molecule has 2 heterocycles. The van der Waals surface area contributed by atoms with Crippen molar-refractivity contribution in [3.8, 4) is 0 Å². The number of carbonyl (C=O) groups is 1. The summed E-state index contributed by atoms with van der Waals surface area (Å²) in [4.78, 5) is 14.5. The lowest BCUT2D eigenvalue weighted by atomic mass is 9.97. The molecule has 0 spiro atoms. The summed E-state index contributed by atoms with van der Waals surface area (Å²) in [5, 5.41) is 6.94. The second-order valence-electron chi connectivity index (χ2n) is 5.16. The van der Waals surface area contributed by atoms with Crippen LogP contribution in [0.4, 0.5) is 5.69 Å². The third-order valence-electron chi connectivity index (χ3n) is 3.87. The van der Waals surface area contributed by atoms with E-state index in [0.29, 0.717) is 11.4 Å². The molecule has 2 rings (SSSR count). The van der Waals surface area contributed by atoms with Gasteiger partial charge >= 0.3 is 0 Å². The van der Waals surface area contributed by atoms with E-state index < -0.39 is 0 Å². The quantitative estimate of drug-likeness (QED) is 0.842. The lowest BCUT2D eigenvalue weighted by Crippen LogP contribution is -2.47. The SMILES string of the molecule is CCc1[nH]nc(C(=O)N2[C@H](C)CCC[C@@H]2C)c1N. The number of nitrogens with two attached hydrogens (primary N) is 1. The first kappa shape index (κ1) is 12.9. The third kappa shape index (κ3) is 2.09. The van der Waals surface area contributed by atoms with Gasteiger partial charge in [0.05, 0.1) is 11.4 Å². The van der Waals surface area contributed by atoms with Gasteiger partial charge in [-0.1, -0.05) is 6.92 Å². The van der Waals surface area contributed by atoms with Gasteiger partial charge in [-0.3, -0.25) is 9.89 Å². The predicted molar refractivity (Wildman–Crippen MR) is 71.3 cm³/mol. The highest BCUT2D eigenvalue weighted by Crippen LogP contribution is 2.26. The maximum atomic E-state index is 12.5. The zero-order chi connectivity index (χ0) is 13.3. The van der Waals surface area contributed by atoms with Gasteiger partial charge in [-0.25, -0.2) is 0 Å². The molecule has 0 bridgehead atoms. The van der Waals surface area contributed by atoms with Gasteiger partial charge < -0.3 is 10.6 Å². The molecule has 5 heteroatoms. The first-order valence-electron chi connectivity index (χ1n) is 6.71. The molecule has 1 amide bonds. The second kappa shape index (κ2) is 5.00. The summed E-state index contributed by atoms with van der Waals surface area (Å²) in [5.41, 5.74) is 7.70. The number of aromatic amines is 1. The number of piperidine rings is 1. The maximum absolute atomic E-state index is 12.5. The largest absolute Gasteiger partial charge is 0.395 e. The van der Waals surface area contributed by atoms with Crippen molar-refractivity contribution in [3.63, 3.8) is 0 Å². The van der Waals surface area contributed by atoms with Crippen LogP contribution >= 0.6 is 0 Å². The normalized spacial score (nSPS) is 24.3. The number of aryl methyl sites for hydroxylation is 1. The van der Waals surface area contributed by atoms with Gasteiger partial charge in [0, 0.05) is 12.1 Å². The Morgan fingerprint density at radius 2 is 2.06 bits per heavy atom. The lowest BCUT2D eigenvalue weighted by Gasteiger charge is -2.38. The Kier molecular flexibility index (Phi) is 3.59. The molecule has 1 aliphatic rings. The number of rotatable bonds is 2. The zero-order valence-electron chi connectivity index (χ0n) is 11.4. The minimum Gasteiger partial charge on any atom is -0.395 e. The molecule has 1 aromatic heterocycles. The van der Waals surface area contributed by atoms with Gasteiger partial charge in [0.1, 0.15) is 0 Å². The highest BCUT2D eigenvalue weighted by molar-refractivity contribution is 5.98. The molecule has 2 atom stereocenters. The van der Waals surface area contributed by atoms with Gasteiger partial charge in [0.25, 0.3) is 5.91 Å². The van der Waals surface area contributed by atoms with E-state index in [4.69, 9.17) is 5.73 Å². The fourth-order valence-electron chi connectivity index (χ4n) is 2.76. The molecule has 0 unspecified atom stereocenters. The van der Waals surface area contributed by atoms with Crippen LogP contribution in [0.1, 0.15) is 56.2 Å². The number of aromatic nitrogens is 2. The van der Waals surface area contributed by atoms with Crippen LogP contribution in [0.5, 0.6) is 0 Å². The van der Waals surface area contributed by atoms with E-state index in [9.17, 15) is 4.79 Å². The van der Waals surface area contributed by atoms with E-state index in [1.807, 2.05) is 11.8 Å². The molecule has 0 saturated carbocycles. The fourth-order valence-corrected chi connectivity index (χ4v) is 2.76. The maximum Gasteiger partial charge on any atom is 0.276 e. The Balaban J connectivity index is 2.26. The van der Waals surface area contributed by atoms with E-state index in [-0.39, 0.29) is 18.0 Å². The molecule has 0 radical (unpaired) electrons. The summed E-state index contributed by atoms with van der Waals surface area (Å²) >= 11 is 0. The smallest absolute Gasteiger partial charge is 0.276 e. The number of hydrogen-bond donors (Lipinski definition) is 2. The zero-order valence-corrected chi connectivity index (χ0v) is 11.4. The molecule has 0 aromatic carbocycles.